The van der Waals surface area contributed by atoms with Crippen LogP contribution in [-0.4, -0.2) is 15.6 Å². The average molecular weight is 293 g/mol. The number of nitrogens with zero attached hydrogens (tertiary/aromatic N) is 1. The number of aromatic carboxylic acids is 1. The molecule has 0 aliphatic rings. The van der Waals surface area contributed by atoms with Crippen molar-refractivity contribution in [3.8, 4) is 17.2 Å². The van der Waals surface area contributed by atoms with E-state index in [0.29, 0.717) is 11.3 Å². The summed E-state index contributed by atoms with van der Waals surface area (Å²) in [6.07, 6.45) is 1.76. The highest BCUT2D eigenvalue weighted by Gasteiger charge is 2.12. The molecule has 0 saturated heterocycles. The first-order valence-corrected chi connectivity index (χ1v) is 6.90. The fourth-order valence-corrected chi connectivity index (χ4v) is 2.32. The van der Waals surface area contributed by atoms with Gasteiger partial charge in [0.15, 0.2) is 0 Å². The Morgan fingerprint density at radius 2 is 1.59 bits per heavy atom. The van der Waals surface area contributed by atoms with Crippen molar-refractivity contribution in [1.29, 1.82) is 0 Å². The quantitative estimate of drug-likeness (QED) is 0.781. The van der Waals surface area contributed by atoms with E-state index in [4.69, 9.17) is 9.84 Å². The second-order valence-corrected chi connectivity index (χ2v) is 4.90. The van der Waals surface area contributed by atoms with Gasteiger partial charge in [-0.3, -0.25) is 0 Å². The van der Waals surface area contributed by atoms with E-state index in [2.05, 4.69) is 0 Å². The molecule has 0 atom stereocenters. The minimum Gasteiger partial charge on any atom is -0.478 e. The van der Waals surface area contributed by atoms with E-state index in [9.17, 15) is 4.79 Å². The van der Waals surface area contributed by atoms with Crippen LogP contribution in [0, 0.1) is 6.92 Å². The van der Waals surface area contributed by atoms with Gasteiger partial charge in [0.25, 0.3) is 0 Å². The normalized spacial score (nSPS) is 10.4. The van der Waals surface area contributed by atoms with E-state index in [1.165, 1.54) is 0 Å². The number of rotatable bonds is 4. The zero-order chi connectivity index (χ0) is 15.5. The van der Waals surface area contributed by atoms with Crippen molar-refractivity contribution in [2.45, 2.75) is 6.92 Å². The largest absolute Gasteiger partial charge is 0.478 e. The van der Waals surface area contributed by atoms with E-state index in [0.717, 1.165) is 17.2 Å². The van der Waals surface area contributed by atoms with Crippen molar-refractivity contribution in [3.05, 3.63) is 78.1 Å². The minimum absolute atomic E-state index is 0.310. The van der Waals surface area contributed by atoms with Gasteiger partial charge in [0.05, 0.1) is 5.56 Å². The summed E-state index contributed by atoms with van der Waals surface area (Å²) in [6.45, 7) is 1.79. The predicted octanol–water partition coefficient (Wildman–Crippen LogP) is 4.28. The average Bonchev–Trinajstić information content (AvgIpc) is 2.91. The summed E-state index contributed by atoms with van der Waals surface area (Å²) < 4.78 is 7.58. The summed E-state index contributed by atoms with van der Waals surface area (Å²) in [6, 6.07) is 18.7. The van der Waals surface area contributed by atoms with Crippen molar-refractivity contribution < 1.29 is 14.6 Å². The van der Waals surface area contributed by atoms with Gasteiger partial charge in [-0.05, 0) is 49.4 Å². The lowest BCUT2D eigenvalue weighted by Crippen LogP contribution is -2.01. The summed E-state index contributed by atoms with van der Waals surface area (Å²) >= 11 is 0. The molecular weight excluding hydrogens is 278 g/mol. The van der Waals surface area contributed by atoms with Gasteiger partial charge in [-0.25, -0.2) is 4.79 Å². The highest BCUT2D eigenvalue weighted by molar-refractivity contribution is 5.89. The second kappa shape index (κ2) is 5.77. The number of carboxylic acid groups (broad SMARTS) is 1. The smallest absolute Gasteiger partial charge is 0.337 e. The van der Waals surface area contributed by atoms with Crippen molar-refractivity contribution in [1.82, 2.24) is 4.57 Å². The number of carbonyl (C=O) groups is 1. The number of hydrogen-bond acceptors (Lipinski definition) is 2. The van der Waals surface area contributed by atoms with Crippen molar-refractivity contribution in [2.24, 2.45) is 0 Å². The zero-order valence-corrected chi connectivity index (χ0v) is 12.1. The Hall–Kier alpha value is -3.01. The zero-order valence-electron chi connectivity index (χ0n) is 12.1. The number of para-hydroxylation sites is 1. The maximum atomic E-state index is 11.1. The van der Waals surface area contributed by atoms with Crippen LogP contribution in [0.2, 0.25) is 0 Å². The predicted molar refractivity (Wildman–Crippen MR) is 84.0 cm³/mol. The summed E-state index contributed by atoms with van der Waals surface area (Å²) in [5, 5.41) is 9.10. The fourth-order valence-electron chi connectivity index (χ4n) is 2.32. The second-order valence-electron chi connectivity index (χ2n) is 4.90. The lowest BCUT2D eigenvalue weighted by Gasteiger charge is -2.09. The van der Waals surface area contributed by atoms with E-state index >= 15 is 0 Å². The molecule has 3 aromatic rings. The van der Waals surface area contributed by atoms with Crippen LogP contribution >= 0.6 is 0 Å². The fraction of sp³-hybridized carbons (Fsp3) is 0.0556. The third kappa shape index (κ3) is 2.72. The molecule has 0 spiro atoms. The van der Waals surface area contributed by atoms with Crippen LogP contribution in [-0.2, 0) is 0 Å². The lowest BCUT2D eigenvalue weighted by molar-refractivity contribution is 0.0696. The molecular formula is C18H15NO3. The highest BCUT2D eigenvalue weighted by Crippen LogP contribution is 2.23. The monoisotopic (exact) mass is 293 g/mol. The molecule has 4 nitrogen and oxygen atoms in total. The van der Waals surface area contributed by atoms with Crippen LogP contribution in [0.15, 0.2) is 66.9 Å². The Kier molecular flexibility index (Phi) is 3.66. The molecule has 0 aliphatic heterocycles. The first-order valence-electron chi connectivity index (χ1n) is 6.90. The SMILES string of the molecule is Cc1c(C(=O)O)ccn1-c1ccc(Oc2ccccc2)cc1. The molecule has 0 unspecified atom stereocenters. The van der Waals surface area contributed by atoms with Gasteiger partial charge >= 0.3 is 5.97 Å². The van der Waals surface area contributed by atoms with Crippen LogP contribution < -0.4 is 4.74 Å². The Labute approximate surface area is 128 Å². The topological polar surface area (TPSA) is 51.5 Å². The molecule has 0 bridgehead atoms. The Bertz CT molecular complexity index is 789. The van der Waals surface area contributed by atoms with Gasteiger partial charge in [0, 0.05) is 17.6 Å². The van der Waals surface area contributed by atoms with Crippen molar-refractivity contribution in [3.63, 3.8) is 0 Å². The lowest BCUT2D eigenvalue weighted by atomic mass is 10.2. The van der Waals surface area contributed by atoms with E-state index in [1.807, 2.05) is 59.2 Å². The molecule has 0 amide bonds. The standard InChI is InChI=1S/C18H15NO3/c1-13-17(18(20)21)11-12-19(13)14-7-9-16(10-8-14)22-15-5-3-2-4-6-15/h2-12H,1H3,(H,20,21). The molecule has 4 heteroatoms. The summed E-state index contributed by atoms with van der Waals surface area (Å²) in [5.41, 5.74) is 1.90. The van der Waals surface area contributed by atoms with Crippen LogP contribution in [0.25, 0.3) is 5.69 Å². The Morgan fingerprint density at radius 3 is 2.18 bits per heavy atom. The molecule has 0 fully saturated rings. The van der Waals surface area contributed by atoms with Crippen LogP contribution in [0.4, 0.5) is 0 Å². The van der Waals surface area contributed by atoms with Crippen LogP contribution in [0.1, 0.15) is 16.1 Å². The third-order valence-electron chi connectivity index (χ3n) is 3.47. The van der Waals surface area contributed by atoms with E-state index < -0.39 is 5.97 Å². The number of benzene rings is 2. The number of aromatic nitrogens is 1. The van der Waals surface area contributed by atoms with Crippen molar-refractivity contribution >= 4 is 5.97 Å². The van der Waals surface area contributed by atoms with E-state index in [-0.39, 0.29) is 0 Å². The summed E-state index contributed by atoms with van der Waals surface area (Å²) in [4.78, 5) is 11.1. The molecule has 1 aromatic heterocycles. The molecule has 0 aliphatic carbocycles. The van der Waals surface area contributed by atoms with Gasteiger partial charge in [0.1, 0.15) is 11.5 Å². The van der Waals surface area contributed by atoms with Gasteiger partial charge in [0.2, 0.25) is 0 Å². The summed E-state index contributed by atoms with van der Waals surface area (Å²) in [7, 11) is 0. The van der Waals surface area contributed by atoms with Crippen molar-refractivity contribution in [2.75, 3.05) is 0 Å². The molecule has 0 radical (unpaired) electrons. The van der Waals surface area contributed by atoms with Gasteiger partial charge in [-0.2, -0.15) is 0 Å². The van der Waals surface area contributed by atoms with Gasteiger partial charge < -0.3 is 14.4 Å². The van der Waals surface area contributed by atoms with Gasteiger partial charge in [-0.15, -0.1) is 0 Å². The molecule has 1 N–H and O–H groups in total. The number of carboxylic acids is 1. The molecule has 2 aromatic carbocycles. The maximum absolute atomic E-state index is 11.1. The third-order valence-corrected chi connectivity index (χ3v) is 3.47. The van der Waals surface area contributed by atoms with Crippen LogP contribution in [0.5, 0.6) is 11.5 Å². The molecule has 3 rings (SSSR count). The molecule has 110 valence electrons. The molecule has 0 saturated carbocycles. The molecule has 1 heterocycles. The first-order chi connectivity index (χ1) is 10.6. The maximum Gasteiger partial charge on any atom is 0.337 e. The Balaban J connectivity index is 1.84. The number of ether oxygens (including phenoxy) is 1. The summed E-state index contributed by atoms with van der Waals surface area (Å²) in [5.74, 6) is 0.596. The Morgan fingerprint density at radius 1 is 0.955 bits per heavy atom. The molecule has 22 heavy (non-hydrogen) atoms. The van der Waals surface area contributed by atoms with Gasteiger partial charge in [-0.1, -0.05) is 18.2 Å². The first kappa shape index (κ1) is 13.9. The van der Waals surface area contributed by atoms with E-state index in [1.54, 1.807) is 19.2 Å². The van der Waals surface area contributed by atoms with Crippen LogP contribution in [0.3, 0.4) is 0 Å². The number of hydrogen-bond donors (Lipinski definition) is 1. The minimum atomic E-state index is -0.916. The highest BCUT2D eigenvalue weighted by atomic mass is 16.5.